The van der Waals surface area contributed by atoms with E-state index in [1.54, 1.807) is 13.0 Å². The number of nitrogens with zero attached hydrogens (tertiary/aromatic N) is 1. The van der Waals surface area contributed by atoms with Gasteiger partial charge in [-0.2, -0.15) is 4.31 Å². The molecule has 0 aliphatic carbocycles. The molecule has 1 saturated heterocycles. The maximum Gasteiger partial charge on any atom is 0.339 e. The van der Waals surface area contributed by atoms with E-state index in [2.05, 4.69) is 10.3 Å². The number of esters is 1. The minimum atomic E-state index is -3.77. The number of anilines is 1. The number of carbonyl (C=O) groups excluding carboxylic acids is 2. The number of H-pyrrole nitrogens is 1. The first kappa shape index (κ1) is 23.8. The normalized spacial score (nSPS) is 14.8. The summed E-state index contributed by atoms with van der Waals surface area (Å²) in [5.41, 5.74) is 1.93. The first-order valence-corrected chi connectivity index (χ1v) is 12.0. The first-order valence-electron chi connectivity index (χ1n) is 10.5. The van der Waals surface area contributed by atoms with Crippen molar-refractivity contribution in [3.63, 3.8) is 0 Å². The predicted molar refractivity (Wildman–Crippen MR) is 120 cm³/mol. The SMILES string of the molecule is CCc1[nH]c(C(=O)Nc2ccc(OC)c(S(=O)(=O)N3CCCCC3)c2)c(C)c1C(=O)OC. The van der Waals surface area contributed by atoms with Gasteiger partial charge in [-0.1, -0.05) is 13.3 Å². The molecule has 1 aliphatic rings. The minimum absolute atomic E-state index is 0.00686. The highest BCUT2D eigenvalue weighted by molar-refractivity contribution is 7.89. The lowest BCUT2D eigenvalue weighted by molar-refractivity contribution is 0.0599. The second-order valence-corrected chi connectivity index (χ2v) is 9.51. The fraction of sp³-hybridized carbons (Fsp3) is 0.455. The molecule has 1 aromatic carbocycles. The van der Waals surface area contributed by atoms with Crippen LogP contribution in [0.5, 0.6) is 5.75 Å². The highest BCUT2D eigenvalue weighted by Crippen LogP contribution is 2.31. The van der Waals surface area contributed by atoms with Gasteiger partial charge in [0.2, 0.25) is 10.0 Å². The van der Waals surface area contributed by atoms with E-state index in [9.17, 15) is 18.0 Å². The number of ether oxygens (including phenoxy) is 2. The number of aromatic nitrogens is 1. The van der Waals surface area contributed by atoms with E-state index in [1.807, 2.05) is 6.92 Å². The number of hydrogen-bond acceptors (Lipinski definition) is 6. The molecule has 9 nitrogen and oxygen atoms in total. The molecule has 2 N–H and O–H groups in total. The largest absolute Gasteiger partial charge is 0.495 e. The molecule has 1 aliphatic heterocycles. The second-order valence-electron chi connectivity index (χ2n) is 7.61. The third-order valence-corrected chi connectivity index (χ3v) is 7.57. The van der Waals surface area contributed by atoms with Gasteiger partial charge >= 0.3 is 5.97 Å². The molecule has 0 spiro atoms. The highest BCUT2D eigenvalue weighted by atomic mass is 32.2. The number of benzene rings is 1. The molecule has 10 heteroatoms. The molecule has 0 unspecified atom stereocenters. The van der Waals surface area contributed by atoms with Gasteiger partial charge in [-0.15, -0.1) is 0 Å². The van der Waals surface area contributed by atoms with Crippen molar-refractivity contribution in [1.29, 1.82) is 0 Å². The summed E-state index contributed by atoms with van der Waals surface area (Å²) in [5.74, 6) is -0.793. The summed E-state index contributed by atoms with van der Waals surface area (Å²) in [5, 5.41) is 2.73. The lowest BCUT2D eigenvalue weighted by atomic mass is 10.1. The molecule has 2 aromatic rings. The second kappa shape index (κ2) is 9.74. The number of piperidine rings is 1. The summed E-state index contributed by atoms with van der Waals surface area (Å²) in [7, 11) is -1.07. The molecule has 174 valence electrons. The van der Waals surface area contributed by atoms with Crippen LogP contribution in [0.4, 0.5) is 5.69 Å². The van der Waals surface area contributed by atoms with Crippen molar-refractivity contribution < 1.29 is 27.5 Å². The van der Waals surface area contributed by atoms with Gasteiger partial charge in [0, 0.05) is 24.5 Å². The average molecular weight is 464 g/mol. The Kier molecular flexibility index (Phi) is 7.25. The Morgan fingerprint density at radius 2 is 1.84 bits per heavy atom. The van der Waals surface area contributed by atoms with E-state index in [0.29, 0.717) is 42.0 Å². The van der Waals surface area contributed by atoms with Crippen LogP contribution >= 0.6 is 0 Å². The zero-order chi connectivity index (χ0) is 23.5. The number of nitrogens with one attached hydrogen (secondary N) is 2. The smallest absolute Gasteiger partial charge is 0.339 e. The van der Waals surface area contributed by atoms with Gasteiger partial charge in [0.25, 0.3) is 5.91 Å². The number of aromatic amines is 1. The molecule has 32 heavy (non-hydrogen) atoms. The van der Waals surface area contributed by atoms with E-state index in [0.717, 1.165) is 19.3 Å². The first-order chi connectivity index (χ1) is 15.2. The van der Waals surface area contributed by atoms with Crippen LogP contribution in [0.3, 0.4) is 0 Å². The molecule has 1 aromatic heterocycles. The fourth-order valence-electron chi connectivity index (χ4n) is 3.92. The Balaban J connectivity index is 1.93. The van der Waals surface area contributed by atoms with E-state index in [1.165, 1.54) is 30.7 Å². The summed E-state index contributed by atoms with van der Waals surface area (Å²) in [6.45, 7) is 4.44. The number of amides is 1. The van der Waals surface area contributed by atoms with E-state index in [-0.39, 0.29) is 16.3 Å². The third-order valence-electron chi connectivity index (χ3n) is 5.65. The van der Waals surface area contributed by atoms with Crippen molar-refractivity contribution in [2.24, 2.45) is 0 Å². The zero-order valence-electron chi connectivity index (χ0n) is 18.8. The van der Waals surface area contributed by atoms with Crippen molar-refractivity contribution >= 4 is 27.6 Å². The molecule has 2 heterocycles. The van der Waals surface area contributed by atoms with Crippen LogP contribution in [0.25, 0.3) is 0 Å². The Bertz CT molecular complexity index is 1120. The Hall–Kier alpha value is -2.85. The summed E-state index contributed by atoms with van der Waals surface area (Å²) in [6, 6.07) is 4.50. The number of rotatable bonds is 7. The van der Waals surface area contributed by atoms with Gasteiger partial charge in [0.15, 0.2) is 0 Å². The monoisotopic (exact) mass is 463 g/mol. The number of aryl methyl sites for hydroxylation is 1. The topological polar surface area (TPSA) is 118 Å². The van der Waals surface area contributed by atoms with Crippen molar-refractivity contribution in [3.05, 3.63) is 40.7 Å². The number of sulfonamides is 1. The molecule has 0 radical (unpaired) electrons. The lowest BCUT2D eigenvalue weighted by Gasteiger charge is -2.26. The number of methoxy groups -OCH3 is 2. The fourth-order valence-corrected chi connectivity index (χ4v) is 5.62. The van der Waals surface area contributed by atoms with Crippen molar-refractivity contribution in [2.45, 2.75) is 44.4 Å². The van der Waals surface area contributed by atoms with Gasteiger partial charge in [-0.25, -0.2) is 13.2 Å². The minimum Gasteiger partial charge on any atom is -0.495 e. The predicted octanol–water partition coefficient (Wildman–Crippen LogP) is 3.11. The molecule has 3 rings (SSSR count). The molecule has 0 bridgehead atoms. The average Bonchev–Trinajstić information content (AvgIpc) is 3.15. The van der Waals surface area contributed by atoms with Crippen molar-refractivity contribution in [2.75, 3.05) is 32.6 Å². The van der Waals surface area contributed by atoms with Gasteiger partial charge in [-0.05, 0) is 49.9 Å². The Labute approximate surface area is 188 Å². The van der Waals surface area contributed by atoms with Crippen LogP contribution in [-0.2, 0) is 21.2 Å². The lowest BCUT2D eigenvalue weighted by Crippen LogP contribution is -2.35. The highest BCUT2D eigenvalue weighted by Gasteiger charge is 2.30. The molecule has 0 saturated carbocycles. The van der Waals surface area contributed by atoms with Crippen LogP contribution in [0, 0.1) is 6.92 Å². The van der Waals surface area contributed by atoms with Gasteiger partial charge in [0.1, 0.15) is 16.3 Å². The summed E-state index contributed by atoms with van der Waals surface area (Å²) >= 11 is 0. The van der Waals surface area contributed by atoms with Crippen LogP contribution in [0.15, 0.2) is 23.1 Å². The van der Waals surface area contributed by atoms with E-state index in [4.69, 9.17) is 9.47 Å². The van der Waals surface area contributed by atoms with E-state index >= 15 is 0 Å². The van der Waals surface area contributed by atoms with E-state index < -0.39 is 21.9 Å². The van der Waals surface area contributed by atoms with Crippen LogP contribution in [-0.4, -0.2) is 56.9 Å². The quantitative estimate of drug-likeness (QED) is 0.609. The zero-order valence-corrected chi connectivity index (χ0v) is 19.6. The standard InChI is InChI=1S/C22H29N3O6S/c1-5-16-19(22(27)31-4)14(2)20(24-16)21(26)23-15-9-10-17(30-3)18(13-15)32(28,29)25-11-7-6-8-12-25/h9-10,13,24H,5-8,11-12H2,1-4H3,(H,23,26). The summed E-state index contributed by atoms with van der Waals surface area (Å²) < 4.78 is 38.0. The van der Waals surface area contributed by atoms with Crippen LogP contribution < -0.4 is 10.1 Å². The Morgan fingerprint density at radius 1 is 1.16 bits per heavy atom. The van der Waals surface area contributed by atoms with Crippen LogP contribution in [0.2, 0.25) is 0 Å². The summed E-state index contributed by atoms with van der Waals surface area (Å²) in [4.78, 5) is 28.1. The molecular weight excluding hydrogens is 434 g/mol. The van der Waals surface area contributed by atoms with Gasteiger partial charge < -0.3 is 19.8 Å². The molecule has 1 fully saturated rings. The van der Waals surface area contributed by atoms with Gasteiger partial charge in [-0.3, -0.25) is 4.79 Å². The van der Waals surface area contributed by atoms with Crippen molar-refractivity contribution in [1.82, 2.24) is 9.29 Å². The maximum absolute atomic E-state index is 13.2. The maximum atomic E-state index is 13.2. The van der Waals surface area contributed by atoms with Crippen LogP contribution in [0.1, 0.15) is 58.3 Å². The third kappa shape index (κ3) is 4.51. The molecular formula is C22H29N3O6S. The number of carbonyl (C=O) groups is 2. The summed E-state index contributed by atoms with van der Waals surface area (Å²) in [6.07, 6.45) is 3.14. The Morgan fingerprint density at radius 3 is 2.44 bits per heavy atom. The molecule has 1 amide bonds. The van der Waals surface area contributed by atoms with Gasteiger partial charge in [0.05, 0.1) is 19.8 Å². The van der Waals surface area contributed by atoms with Crippen molar-refractivity contribution in [3.8, 4) is 5.75 Å². The number of hydrogen-bond donors (Lipinski definition) is 2. The molecule has 0 atom stereocenters.